The number of rotatable bonds is 6. The molecule has 0 atom stereocenters. The number of ether oxygens (including phenoxy) is 1. The molecule has 0 spiro atoms. The zero-order chi connectivity index (χ0) is 18.5. The first kappa shape index (κ1) is 22.2. The summed E-state index contributed by atoms with van der Waals surface area (Å²) in [6.07, 6.45) is 0. The third-order valence-electron chi connectivity index (χ3n) is 4.48. The topological polar surface area (TPSA) is 49.8 Å². The van der Waals surface area contributed by atoms with Crippen molar-refractivity contribution < 1.29 is 14.6 Å². The number of nitrogens with zero attached hydrogens (tertiary/aromatic N) is 1. The maximum Gasteiger partial charge on any atom is 0.347 e. The maximum atomic E-state index is 12.8. The summed E-state index contributed by atoms with van der Waals surface area (Å²) in [7, 11) is 1.98. The van der Waals surface area contributed by atoms with Crippen LogP contribution in [0.5, 0.6) is 0 Å². The fourth-order valence-electron chi connectivity index (χ4n) is 2.48. The first-order chi connectivity index (χ1) is 11.8. The molecule has 4 nitrogen and oxygen atoms in total. The van der Waals surface area contributed by atoms with Gasteiger partial charge in [-0.05, 0) is 38.9 Å². The van der Waals surface area contributed by atoms with Gasteiger partial charge in [0.25, 0.3) is 0 Å². The van der Waals surface area contributed by atoms with Gasteiger partial charge < -0.3 is 9.84 Å². The second-order valence-corrected chi connectivity index (χ2v) is 7.17. The lowest BCUT2D eigenvalue weighted by Gasteiger charge is -2.32. The zero-order valence-corrected chi connectivity index (χ0v) is 16.6. The molecule has 0 aliphatic carbocycles. The maximum absolute atomic E-state index is 12.8. The van der Waals surface area contributed by atoms with Crippen LogP contribution < -0.4 is 0 Å². The van der Waals surface area contributed by atoms with Crippen molar-refractivity contribution in [3.05, 3.63) is 71.8 Å². The lowest BCUT2D eigenvalue weighted by atomic mass is 9.86. The number of carbonyl (C=O) groups excluding carboxylic acids is 1. The first-order valence-corrected chi connectivity index (χ1v) is 8.48. The molecule has 0 saturated carbocycles. The third kappa shape index (κ3) is 5.07. The smallest absolute Gasteiger partial charge is 0.347 e. The average Bonchev–Trinajstić information content (AvgIpc) is 2.61. The minimum Gasteiger partial charge on any atom is -0.462 e. The SMILES string of the molecule is CN(CCOC(=O)C(O)(c1ccccc1)c1ccccc1)C(C)(C)C.Cl. The number of hydrogen-bond donors (Lipinski definition) is 1. The molecule has 0 saturated heterocycles. The summed E-state index contributed by atoms with van der Waals surface area (Å²) < 4.78 is 5.45. The van der Waals surface area contributed by atoms with Gasteiger partial charge in [-0.3, -0.25) is 4.90 Å². The Morgan fingerprint density at radius 2 is 1.38 bits per heavy atom. The Kier molecular flexibility index (Phi) is 7.82. The van der Waals surface area contributed by atoms with E-state index in [1.54, 1.807) is 48.5 Å². The van der Waals surface area contributed by atoms with Crippen molar-refractivity contribution in [2.75, 3.05) is 20.2 Å². The molecule has 2 aromatic rings. The van der Waals surface area contributed by atoms with Crippen LogP contribution in [0.2, 0.25) is 0 Å². The van der Waals surface area contributed by atoms with Crippen LogP contribution in [0, 0.1) is 0 Å². The predicted molar refractivity (Wildman–Crippen MR) is 106 cm³/mol. The van der Waals surface area contributed by atoms with Crippen molar-refractivity contribution in [3.63, 3.8) is 0 Å². The lowest BCUT2D eigenvalue weighted by molar-refractivity contribution is -0.162. The van der Waals surface area contributed by atoms with Crippen LogP contribution in [0.4, 0.5) is 0 Å². The van der Waals surface area contributed by atoms with Gasteiger partial charge in [0.2, 0.25) is 5.60 Å². The standard InChI is InChI=1S/C21H27NO3.ClH/c1-20(2,3)22(4)15-16-25-19(23)21(24,17-11-7-5-8-12-17)18-13-9-6-10-14-18;/h5-14,24H,15-16H2,1-4H3;1H. The molecule has 0 aromatic heterocycles. The molecule has 142 valence electrons. The number of halogens is 1. The van der Waals surface area contributed by atoms with Crippen LogP contribution in [-0.2, 0) is 15.1 Å². The van der Waals surface area contributed by atoms with Gasteiger partial charge >= 0.3 is 5.97 Å². The van der Waals surface area contributed by atoms with Gasteiger partial charge in [-0.1, -0.05) is 60.7 Å². The minimum atomic E-state index is -1.82. The fourth-order valence-corrected chi connectivity index (χ4v) is 2.48. The van der Waals surface area contributed by atoms with Crippen LogP contribution >= 0.6 is 12.4 Å². The van der Waals surface area contributed by atoms with E-state index in [1.807, 2.05) is 19.2 Å². The van der Waals surface area contributed by atoms with Crippen LogP contribution in [0.25, 0.3) is 0 Å². The molecule has 0 aliphatic rings. The highest BCUT2D eigenvalue weighted by atomic mass is 35.5. The molecule has 0 aliphatic heterocycles. The Balaban J connectivity index is 0.00000338. The Morgan fingerprint density at radius 3 is 1.77 bits per heavy atom. The van der Waals surface area contributed by atoms with E-state index in [2.05, 4.69) is 25.7 Å². The molecule has 2 aromatic carbocycles. The van der Waals surface area contributed by atoms with Crippen molar-refractivity contribution in [3.8, 4) is 0 Å². The van der Waals surface area contributed by atoms with Gasteiger partial charge in [-0.2, -0.15) is 0 Å². The lowest BCUT2D eigenvalue weighted by Crippen LogP contribution is -2.42. The molecule has 0 unspecified atom stereocenters. The van der Waals surface area contributed by atoms with Crippen molar-refractivity contribution in [2.45, 2.75) is 31.9 Å². The van der Waals surface area contributed by atoms with Gasteiger partial charge in [-0.25, -0.2) is 4.79 Å². The Hall–Kier alpha value is -1.88. The summed E-state index contributed by atoms with van der Waals surface area (Å²) in [6, 6.07) is 17.8. The number of carbonyl (C=O) groups is 1. The molecule has 0 heterocycles. The monoisotopic (exact) mass is 377 g/mol. The van der Waals surface area contributed by atoms with E-state index in [4.69, 9.17) is 4.74 Å². The Morgan fingerprint density at radius 1 is 0.962 bits per heavy atom. The quantitative estimate of drug-likeness (QED) is 0.781. The average molecular weight is 378 g/mol. The molecular formula is C21H28ClNO3. The summed E-state index contributed by atoms with van der Waals surface area (Å²) in [5.41, 5.74) is -0.838. The van der Waals surface area contributed by atoms with E-state index < -0.39 is 11.6 Å². The summed E-state index contributed by atoms with van der Waals surface area (Å²) in [6.45, 7) is 7.10. The molecule has 1 N–H and O–H groups in total. The van der Waals surface area contributed by atoms with E-state index in [9.17, 15) is 9.90 Å². The zero-order valence-electron chi connectivity index (χ0n) is 15.8. The number of aliphatic hydroxyl groups is 1. The van der Waals surface area contributed by atoms with Crippen molar-refractivity contribution in [1.82, 2.24) is 4.90 Å². The van der Waals surface area contributed by atoms with E-state index >= 15 is 0 Å². The number of benzene rings is 2. The Labute approximate surface area is 162 Å². The van der Waals surface area contributed by atoms with Crippen LogP contribution in [-0.4, -0.2) is 41.7 Å². The van der Waals surface area contributed by atoms with Gasteiger partial charge in [0.15, 0.2) is 0 Å². The summed E-state index contributed by atoms with van der Waals surface area (Å²) in [4.78, 5) is 14.9. The molecule has 26 heavy (non-hydrogen) atoms. The van der Waals surface area contributed by atoms with Crippen LogP contribution in [0.3, 0.4) is 0 Å². The van der Waals surface area contributed by atoms with Gasteiger partial charge in [-0.15, -0.1) is 12.4 Å². The van der Waals surface area contributed by atoms with E-state index in [0.29, 0.717) is 17.7 Å². The summed E-state index contributed by atoms with van der Waals surface area (Å²) in [5.74, 6) is -0.660. The second-order valence-electron chi connectivity index (χ2n) is 7.17. The molecule has 0 radical (unpaired) electrons. The van der Waals surface area contributed by atoms with Gasteiger partial charge in [0.05, 0.1) is 0 Å². The highest BCUT2D eigenvalue weighted by Gasteiger charge is 2.41. The van der Waals surface area contributed by atoms with Crippen molar-refractivity contribution in [1.29, 1.82) is 0 Å². The highest BCUT2D eigenvalue weighted by Crippen LogP contribution is 2.31. The van der Waals surface area contributed by atoms with Crippen LogP contribution in [0.15, 0.2) is 60.7 Å². The first-order valence-electron chi connectivity index (χ1n) is 8.48. The molecule has 2 rings (SSSR count). The third-order valence-corrected chi connectivity index (χ3v) is 4.48. The molecule has 5 heteroatoms. The number of likely N-dealkylation sites (N-methyl/N-ethyl adjacent to an activating group) is 1. The van der Waals surface area contributed by atoms with E-state index in [-0.39, 0.29) is 24.6 Å². The largest absolute Gasteiger partial charge is 0.462 e. The van der Waals surface area contributed by atoms with Gasteiger partial charge in [0.1, 0.15) is 6.61 Å². The highest BCUT2D eigenvalue weighted by molar-refractivity contribution is 5.85. The van der Waals surface area contributed by atoms with E-state index in [0.717, 1.165) is 0 Å². The molecular weight excluding hydrogens is 350 g/mol. The molecule has 0 bridgehead atoms. The van der Waals surface area contributed by atoms with E-state index in [1.165, 1.54) is 0 Å². The normalized spacial score (nSPS) is 11.8. The summed E-state index contributed by atoms with van der Waals surface area (Å²) >= 11 is 0. The van der Waals surface area contributed by atoms with Crippen LogP contribution in [0.1, 0.15) is 31.9 Å². The van der Waals surface area contributed by atoms with Crippen molar-refractivity contribution >= 4 is 18.4 Å². The predicted octanol–water partition coefficient (Wildman–Crippen LogP) is 3.62. The molecule has 0 fully saturated rings. The minimum absolute atomic E-state index is 0. The molecule has 0 amide bonds. The van der Waals surface area contributed by atoms with Gasteiger partial charge in [0, 0.05) is 12.1 Å². The Bertz CT molecular complexity index is 644. The number of hydrogen-bond acceptors (Lipinski definition) is 4. The fraction of sp³-hybridized carbons (Fsp3) is 0.381. The number of esters is 1. The summed E-state index contributed by atoms with van der Waals surface area (Å²) in [5, 5.41) is 11.3. The van der Waals surface area contributed by atoms with Crippen molar-refractivity contribution in [2.24, 2.45) is 0 Å². The second kappa shape index (κ2) is 9.17.